The molecular weight excluding hydrogens is 234 g/mol. The standard InChI is InChI=1S/C14H20ClNO/c1-3-12-9-11(6-7-17-12)16-14-8-10(2)4-5-13(14)15/h4-5,8,11-12,16H,3,6-7,9H2,1-2H3. The van der Waals surface area contributed by atoms with Gasteiger partial charge in [0.1, 0.15) is 0 Å². The molecule has 0 aromatic heterocycles. The second kappa shape index (κ2) is 5.74. The van der Waals surface area contributed by atoms with Gasteiger partial charge in [0.2, 0.25) is 0 Å². The van der Waals surface area contributed by atoms with Crippen molar-refractivity contribution in [2.24, 2.45) is 0 Å². The summed E-state index contributed by atoms with van der Waals surface area (Å²) in [4.78, 5) is 0. The summed E-state index contributed by atoms with van der Waals surface area (Å²) in [6.07, 6.45) is 3.60. The zero-order valence-electron chi connectivity index (χ0n) is 10.5. The average Bonchev–Trinajstić information content (AvgIpc) is 2.34. The summed E-state index contributed by atoms with van der Waals surface area (Å²) in [6.45, 7) is 5.10. The number of rotatable bonds is 3. The van der Waals surface area contributed by atoms with Crippen LogP contribution >= 0.6 is 11.6 Å². The van der Waals surface area contributed by atoms with Crippen LogP contribution in [0.1, 0.15) is 31.7 Å². The van der Waals surface area contributed by atoms with Gasteiger partial charge < -0.3 is 10.1 Å². The van der Waals surface area contributed by atoms with Crippen LogP contribution in [0, 0.1) is 6.92 Å². The summed E-state index contributed by atoms with van der Waals surface area (Å²) < 4.78 is 5.68. The number of ether oxygens (including phenoxy) is 1. The van der Waals surface area contributed by atoms with E-state index in [9.17, 15) is 0 Å². The predicted octanol–water partition coefficient (Wildman–Crippen LogP) is 4.02. The van der Waals surface area contributed by atoms with Crippen molar-refractivity contribution in [2.75, 3.05) is 11.9 Å². The van der Waals surface area contributed by atoms with E-state index in [0.29, 0.717) is 12.1 Å². The molecule has 1 aromatic carbocycles. The van der Waals surface area contributed by atoms with E-state index in [4.69, 9.17) is 16.3 Å². The summed E-state index contributed by atoms with van der Waals surface area (Å²) in [5, 5.41) is 4.34. The van der Waals surface area contributed by atoms with Gasteiger partial charge in [0, 0.05) is 12.6 Å². The fourth-order valence-corrected chi connectivity index (χ4v) is 2.44. The molecule has 17 heavy (non-hydrogen) atoms. The first-order valence-electron chi connectivity index (χ1n) is 6.33. The van der Waals surface area contributed by atoms with Crippen LogP contribution in [-0.4, -0.2) is 18.8 Å². The molecule has 2 rings (SSSR count). The van der Waals surface area contributed by atoms with Crippen LogP contribution in [0.3, 0.4) is 0 Å². The summed E-state index contributed by atoms with van der Waals surface area (Å²) in [5.74, 6) is 0. The van der Waals surface area contributed by atoms with Crippen molar-refractivity contribution in [1.82, 2.24) is 0 Å². The number of hydrogen-bond donors (Lipinski definition) is 1. The lowest BCUT2D eigenvalue weighted by molar-refractivity contribution is 0.00926. The second-order valence-corrected chi connectivity index (χ2v) is 5.16. The molecule has 1 heterocycles. The van der Waals surface area contributed by atoms with Crippen molar-refractivity contribution in [1.29, 1.82) is 0 Å². The molecule has 1 saturated heterocycles. The third-order valence-electron chi connectivity index (χ3n) is 3.30. The molecule has 0 spiro atoms. The van der Waals surface area contributed by atoms with Crippen molar-refractivity contribution >= 4 is 17.3 Å². The van der Waals surface area contributed by atoms with Crippen molar-refractivity contribution in [2.45, 2.75) is 45.3 Å². The van der Waals surface area contributed by atoms with Gasteiger partial charge in [0.05, 0.1) is 16.8 Å². The number of nitrogens with one attached hydrogen (secondary N) is 1. The molecule has 0 saturated carbocycles. The largest absolute Gasteiger partial charge is 0.381 e. The highest BCUT2D eigenvalue weighted by Gasteiger charge is 2.21. The van der Waals surface area contributed by atoms with Crippen LogP contribution < -0.4 is 5.32 Å². The Morgan fingerprint density at radius 2 is 2.29 bits per heavy atom. The Morgan fingerprint density at radius 3 is 3.06 bits per heavy atom. The van der Waals surface area contributed by atoms with E-state index in [1.807, 2.05) is 12.1 Å². The Hall–Kier alpha value is -0.730. The quantitative estimate of drug-likeness (QED) is 0.879. The average molecular weight is 254 g/mol. The van der Waals surface area contributed by atoms with Crippen molar-refractivity contribution in [3.8, 4) is 0 Å². The molecule has 0 aliphatic carbocycles. The smallest absolute Gasteiger partial charge is 0.0637 e. The zero-order valence-corrected chi connectivity index (χ0v) is 11.3. The Morgan fingerprint density at radius 1 is 1.47 bits per heavy atom. The van der Waals surface area contributed by atoms with E-state index in [0.717, 1.165) is 36.6 Å². The number of anilines is 1. The monoisotopic (exact) mass is 253 g/mol. The molecule has 1 N–H and O–H groups in total. The Balaban J connectivity index is 2.02. The highest BCUT2D eigenvalue weighted by molar-refractivity contribution is 6.33. The lowest BCUT2D eigenvalue weighted by Crippen LogP contribution is -2.33. The molecule has 1 aromatic rings. The van der Waals surface area contributed by atoms with Crippen LogP contribution in [0.2, 0.25) is 5.02 Å². The molecule has 0 amide bonds. The summed E-state index contributed by atoms with van der Waals surface area (Å²) in [6, 6.07) is 6.58. The predicted molar refractivity (Wildman–Crippen MR) is 72.9 cm³/mol. The van der Waals surface area contributed by atoms with E-state index in [-0.39, 0.29) is 0 Å². The van der Waals surface area contributed by atoms with Gasteiger partial charge in [-0.15, -0.1) is 0 Å². The van der Waals surface area contributed by atoms with Crippen LogP contribution in [0.15, 0.2) is 18.2 Å². The van der Waals surface area contributed by atoms with Gasteiger partial charge in [-0.3, -0.25) is 0 Å². The minimum absolute atomic E-state index is 0.393. The Kier molecular flexibility index (Phi) is 4.30. The maximum atomic E-state index is 6.19. The van der Waals surface area contributed by atoms with Gasteiger partial charge in [0.25, 0.3) is 0 Å². The molecule has 94 valence electrons. The van der Waals surface area contributed by atoms with E-state index < -0.39 is 0 Å². The normalized spacial score (nSPS) is 24.6. The summed E-state index contributed by atoms with van der Waals surface area (Å²) >= 11 is 6.19. The molecule has 0 radical (unpaired) electrons. The fraction of sp³-hybridized carbons (Fsp3) is 0.571. The lowest BCUT2D eigenvalue weighted by atomic mass is 10.0. The molecule has 2 nitrogen and oxygen atoms in total. The van der Waals surface area contributed by atoms with Crippen molar-refractivity contribution in [3.63, 3.8) is 0 Å². The number of aryl methyl sites for hydroxylation is 1. The van der Waals surface area contributed by atoms with Crippen molar-refractivity contribution in [3.05, 3.63) is 28.8 Å². The van der Waals surface area contributed by atoms with Crippen molar-refractivity contribution < 1.29 is 4.74 Å². The molecular formula is C14H20ClNO. The molecule has 1 aliphatic heterocycles. The minimum Gasteiger partial charge on any atom is -0.381 e. The first-order valence-corrected chi connectivity index (χ1v) is 6.71. The summed E-state index contributed by atoms with van der Waals surface area (Å²) in [5.41, 5.74) is 2.28. The third-order valence-corrected chi connectivity index (χ3v) is 3.63. The second-order valence-electron chi connectivity index (χ2n) is 4.75. The molecule has 2 unspecified atom stereocenters. The van der Waals surface area contributed by atoms with Gasteiger partial charge in [-0.1, -0.05) is 24.6 Å². The van der Waals surface area contributed by atoms with Gasteiger partial charge in [-0.25, -0.2) is 0 Å². The Bertz CT molecular complexity index is 380. The first-order chi connectivity index (χ1) is 8.19. The molecule has 1 fully saturated rings. The lowest BCUT2D eigenvalue weighted by Gasteiger charge is -2.30. The Labute approximate surface area is 108 Å². The first kappa shape index (κ1) is 12.7. The van der Waals surface area contributed by atoms with Gasteiger partial charge in [-0.2, -0.15) is 0 Å². The van der Waals surface area contributed by atoms with Crippen LogP contribution in [0.4, 0.5) is 5.69 Å². The van der Waals surface area contributed by atoms with Crippen LogP contribution in [0.25, 0.3) is 0 Å². The maximum Gasteiger partial charge on any atom is 0.0637 e. The maximum absolute atomic E-state index is 6.19. The molecule has 0 bridgehead atoms. The van der Waals surface area contributed by atoms with Gasteiger partial charge in [-0.05, 0) is 43.9 Å². The van der Waals surface area contributed by atoms with E-state index in [1.54, 1.807) is 0 Å². The molecule has 1 aliphatic rings. The zero-order chi connectivity index (χ0) is 12.3. The number of benzene rings is 1. The number of halogens is 1. The van der Waals surface area contributed by atoms with Gasteiger partial charge in [0.15, 0.2) is 0 Å². The topological polar surface area (TPSA) is 21.3 Å². The third kappa shape index (κ3) is 3.36. The highest BCUT2D eigenvalue weighted by atomic mass is 35.5. The van der Waals surface area contributed by atoms with E-state index >= 15 is 0 Å². The molecule has 3 heteroatoms. The van der Waals surface area contributed by atoms with Crippen LogP contribution in [0.5, 0.6) is 0 Å². The van der Waals surface area contributed by atoms with E-state index in [1.165, 1.54) is 5.56 Å². The van der Waals surface area contributed by atoms with Crippen LogP contribution in [-0.2, 0) is 4.74 Å². The van der Waals surface area contributed by atoms with Gasteiger partial charge >= 0.3 is 0 Å². The fourth-order valence-electron chi connectivity index (χ4n) is 2.27. The SMILES string of the molecule is CCC1CC(Nc2cc(C)ccc2Cl)CCO1. The highest BCUT2D eigenvalue weighted by Crippen LogP contribution is 2.26. The van der Waals surface area contributed by atoms with E-state index in [2.05, 4.69) is 25.2 Å². The summed E-state index contributed by atoms with van der Waals surface area (Å²) in [7, 11) is 0. The number of hydrogen-bond acceptors (Lipinski definition) is 2. The molecule has 2 atom stereocenters. The minimum atomic E-state index is 0.393.